The van der Waals surface area contributed by atoms with Crippen molar-refractivity contribution in [2.24, 2.45) is 5.92 Å². The number of carboxylic acids is 1. The Kier molecular flexibility index (Phi) is 5.09. The SMILES string of the molecule is O=C(O)C(=O)Cc1ccc(OCC2CCCCC2)cn1. The van der Waals surface area contributed by atoms with Gasteiger partial charge in [-0.2, -0.15) is 0 Å². The van der Waals surface area contributed by atoms with Crippen molar-refractivity contribution in [2.75, 3.05) is 6.61 Å². The molecule has 0 bridgehead atoms. The lowest BCUT2D eigenvalue weighted by Gasteiger charge is -2.21. The molecule has 0 spiro atoms. The number of hydrogen-bond acceptors (Lipinski definition) is 4. The maximum Gasteiger partial charge on any atom is 0.372 e. The van der Waals surface area contributed by atoms with Gasteiger partial charge in [0.2, 0.25) is 5.78 Å². The molecule has 0 aromatic carbocycles. The maximum atomic E-state index is 11.1. The van der Waals surface area contributed by atoms with Crippen LogP contribution in [0.15, 0.2) is 18.3 Å². The molecule has 1 aliphatic carbocycles. The van der Waals surface area contributed by atoms with E-state index in [0.29, 0.717) is 24.0 Å². The van der Waals surface area contributed by atoms with E-state index in [0.717, 1.165) is 0 Å². The van der Waals surface area contributed by atoms with Gasteiger partial charge < -0.3 is 9.84 Å². The second-order valence-electron chi connectivity index (χ2n) is 5.21. The molecule has 0 aliphatic heterocycles. The van der Waals surface area contributed by atoms with Gasteiger partial charge in [-0.15, -0.1) is 0 Å². The van der Waals surface area contributed by atoms with E-state index in [4.69, 9.17) is 9.84 Å². The van der Waals surface area contributed by atoms with Gasteiger partial charge in [-0.05, 0) is 30.9 Å². The second-order valence-corrected chi connectivity index (χ2v) is 5.21. The fourth-order valence-corrected chi connectivity index (χ4v) is 2.41. The molecule has 1 saturated carbocycles. The minimum atomic E-state index is -1.43. The third-order valence-corrected chi connectivity index (χ3v) is 3.59. The average Bonchev–Trinajstić information content (AvgIpc) is 2.47. The molecule has 0 unspecified atom stereocenters. The van der Waals surface area contributed by atoms with E-state index < -0.39 is 11.8 Å². The summed E-state index contributed by atoms with van der Waals surface area (Å²) in [6.07, 6.45) is 7.69. The van der Waals surface area contributed by atoms with Crippen LogP contribution in [0.2, 0.25) is 0 Å². The summed E-state index contributed by atoms with van der Waals surface area (Å²) in [4.78, 5) is 25.6. The number of pyridine rings is 1. The lowest BCUT2D eigenvalue weighted by atomic mass is 9.90. The Hall–Kier alpha value is -1.91. The van der Waals surface area contributed by atoms with E-state index in [9.17, 15) is 9.59 Å². The number of carbonyl (C=O) groups excluding carboxylic acids is 1. The number of rotatable bonds is 6. The Bertz CT molecular complexity index is 463. The first-order chi connectivity index (χ1) is 9.65. The van der Waals surface area contributed by atoms with Crippen LogP contribution in [0.25, 0.3) is 0 Å². The van der Waals surface area contributed by atoms with Gasteiger partial charge in [0.05, 0.1) is 19.2 Å². The highest BCUT2D eigenvalue weighted by Gasteiger charge is 2.15. The molecule has 1 N–H and O–H groups in total. The minimum absolute atomic E-state index is 0.182. The lowest BCUT2D eigenvalue weighted by molar-refractivity contribution is -0.148. The van der Waals surface area contributed by atoms with E-state index >= 15 is 0 Å². The van der Waals surface area contributed by atoms with Crippen LogP contribution >= 0.6 is 0 Å². The minimum Gasteiger partial charge on any atom is -0.492 e. The zero-order valence-electron chi connectivity index (χ0n) is 11.4. The fourth-order valence-electron chi connectivity index (χ4n) is 2.41. The lowest BCUT2D eigenvalue weighted by Crippen LogP contribution is -2.16. The van der Waals surface area contributed by atoms with Gasteiger partial charge in [-0.3, -0.25) is 9.78 Å². The highest BCUT2D eigenvalue weighted by molar-refractivity contribution is 6.33. The van der Waals surface area contributed by atoms with E-state index in [2.05, 4.69) is 4.98 Å². The van der Waals surface area contributed by atoms with E-state index in [1.807, 2.05) is 0 Å². The third-order valence-electron chi connectivity index (χ3n) is 3.59. The van der Waals surface area contributed by atoms with Gasteiger partial charge in [-0.25, -0.2) is 4.79 Å². The van der Waals surface area contributed by atoms with Gasteiger partial charge in [0, 0.05) is 5.69 Å². The van der Waals surface area contributed by atoms with Crippen LogP contribution in [0.3, 0.4) is 0 Å². The van der Waals surface area contributed by atoms with Crippen molar-refractivity contribution in [3.63, 3.8) is 0 Å². The summed E-state index contributed by atoms with van der Waals surface area (Å²) in [6.45, 7) is 0.703. The molecule has 1 aromatic rings. The zero-order chi connectivity index (χ0) is 14.4. The first kappa shape index (κ1) is 14.5. The molecule has 1 aliphatic rings. The first-order valence-electron chi connectivity index (χ1n) is 6.99. The summed E-state index contributed by atoms with van der Waals surface area (Å²) in [5.74, 6) is -0.989. The Morgan fingerprint density at radius 1 is 1.25 bits per heavy atom. The monoisotopic (exact) mass is 277 g/mol. The van der Waals surface area contributed by atoms with Gasteiger partial charge in [-0.1, -0.05) is 19.3 Å². The number of hydrogen-bond donors (Lipinski definition) is 1. The van der Waals surface area contributed by atoms with Crippen molar-refractivity contribution in [3.05, 3.63) is 24.0 Å². The number of carbonyl (C=O) groups is 2. The normalized spacial score (nSPS) is 15.8. The Labute approximate surface area is 118 Å². The number of Topliss-reactive ketones (excluding diaryl/α,β-unsaturated/α-hetero) is 1. The molecule has 2 rings (SSSR count). The highest BCUT2D eigenvalue weighted by Crippen LogP contribution is 2.24. The molecule has 5 heteroatoms. The standard InChI is InChI=1S/C15H19NO4/c17-14(15(18)19)8-12-6-7-13(9-16-12)20-10-11-4-2-1-3-5-11/h6-7,9,11H,1-5,8,10H2,(H,18,19). The van der Waals surface area contributed by atoms with Gasteiger partial charge in [0.1, 0.15) is 5.75 Å². The van der Waals surface area contributed by atoms with Crippen molar-refractivity contribution in [2.45, 2.75) is 38.5 Å². The van der Waals surface area contributed by atoms with Crippen LogP contribution < -0.4 is 4.74 Å². The summed E-state index contributed by atoms with van der Waals surface area (Å²) in [7, 11) is 0. The van der Waals surface area contributed by atoms with Crippen LogP contribution in [0.4, 0.5) is 0 Å². The van der Waals surface area contributed by atoms with Crippen LogP contribution in [-0.4, -0.2) is 28.4 Å². The van der Waals surface area contributed by atoms with Crippen molar-refractivity contribution in [1.82, 2.24) is 4.98 Å². The van der Waals surface area contributed by atoms with Crippen molar-refractivity contribution in [1.29, 1.82) is 0 Å². The smallest absolute Gasteiger partial charge is 0.372 e. The van der Waals surface area contributed by atoms with Crippen LogP contribution in [-0.2, 0) is 16.0 Å². The number of ketones is 1. The highest BCUT2D eigenvalue weighted by atomic mass is 16.5. The summed E-state index contributed by atoms with van der Waals surface area (Å²) in [5.41, 5.74) is 0.447. The van der Waals surface area contributed by atoms with Gasteiger partial charge in [0.15, 0.2) is 0 Å². The predicted octanol–water partition coefficient (Wildman–Crippen LogP) is 2.24. The molecule has 1 heterocycles. The van der Waals surface area contributed by atoms with Crippen LogP contribution in [0.1, 0.15) is 37.8 Å². The molecule has 0 radical (unpaired) electrons. The van der Waals surface area contributed by atoms with Crippen molar-refractivity contribution >= 4 is 11.8 Å². The Morgan fingerprint density at radius 3 is 2.60 bits per heavy atom. The Balaban J connectivity index is 1.81. The molecular weight excluding hydrogens is 258 g/mol. The number of aromatic nitrogens is 1. The molecule has 20 heavy (non-hydrogen) atoms. The molecule has 0 saturated heterocycles. The summed E-state index contributed by atoms with van der Waals surface area (Å²) in [5, 5.41) is 8.52. The van der Waals surface area contributed by atoms with E-state index in [1.54, 1.807) is 18.3 Å². The van der Waals surface area contributed by atoms with E-state index in [1.165, 1.54) is 32.1 Å². The largest absolute Gasteiger partial charge is 0.492 e. The topological polar surface area (TPSA) is 76.5 Å². The molecule has 5 nitrogen and oxygen atoms in total. The van der Waals surface area contributed by atoms with Crippen LogP contribution in [0.5, 0.6) is 5.75 Å². The molecular formula is C15H19NO4. The van der Waals surface area contributed by atoms with E-state index in [-0.39, 0.29) is 6.42 Å². The maximum absolute atomic E-state index is 11.1. The molecule has 1 fully saturated rings. The quantitative estimate of drug-likeness (QED) is 0.807. The van der Waals surface area contributed by atoms with Gasteiger partial charge in [0.25, 0.3) is 0 Å². The second kappa shape index (κ2) is 7.03. The molecule has 0 amide bonds. The fraction of sp³-hybridized carbons (Fsp3) is 0.533. The third kappa shape index (κ3) is 4.33. The average molecular weight is 277 g/mol. The van der Waals surface area contributed by atoms with Crippen molar-refractivity contribution < 1.29 is 19.4 Å². The molecule has 108 valence electrons. The summed E-state index contributed by atoms with van der Waals surface area (Å²) >= 11 is 0. The zero-order valence-corrected chi connectivity index (χ0v) is 11.4. The molecule has 0 atom stereocenters. The first-order valence-corrected chi connectivity index (χ1v) is 6.99. The summed E-state index contributed by atoms with van der Waals surface area (Å²) < 4.78 is 5.69. The number of nitrogens with zero attached hydrogens (tertiary/aromatic N) is 1. The predicted molar refractivity (Wildman–Crippen MR) is 72.7 cm³/mol. The van der Waals surface area contributed by atoms with Crippen molar-refractivity contribution in [3.8, 4) is 5.75 Å². The Morgan fingerprint density at radius 2 is 2.00 bits per heavy atom. The number of aliphatic carboxylic acids is 1. The van der Waals surface area contributed by atoms with Crippen LogP contribution in [0, 0.1) is 5.92 Å². The summed E-state index contributed by atoms with van der Waals surface area (Å²) in [6, 6.07) is 3.37. The number of ether oxygens (including phenoxy) is 1. The van der Waals surface area contributed by atoms with Gasteiger partial charge >= 0.3 is 5.97 Å². The number of carboxylic acid groups (broad SMARTS) is 1. The molecule has 1 aromatic heterocycles.